The highest BCUT2D eigenvalue weighted by atomic mass is 16.5. The third kappa shape index (κ3) is 4.67. The fraction of sp³-hybridized carbons (Fsp3) is 0.481. The molecule has 2 atom stereocenters. The van der Waals surface area contributed by atoms with Crippen LogP contribution in [0.1, 0.15) is 67.8 Å². The molecule has 2 aliphatic rings. The summed E-state index contributed by atoms with van der Waals surface area (Å²) in [7, 11) is 0. The van der Waals surface area contributed by atoms with Crippen LogP contribution >= 0.6 is 0 Å². The number of amides is 2. The van der Waals surface area contributed by atoms with Crippen molar-refractivity contribution in [2.75, 3.05) is 13.1 Å². The third-order valence-corrected chi connectivity index (χ3v) is 6.72. The van der Waals surface area contributed by atoms with Crippen LogP contribution in [0, 0.1) is 12.8 Å². The fourth-order valence-corrected chi connectivity index (χ4v) is 5.09. The molecule has 0 bridgehead atoms. The Labute approximate surface area is 191 Å². The molecule has 1 aliphatic carbocycles. The van der Waals surface area contributed by atoms with Gasteiger partial charge in [-0.3, -0.25) is 9.59 Å². The van der Waals surface area contributed by atoms with Gasteiger partial charge in [0.25, 0.3) is 5.91 Å². The Bertz CT molecular complexity index is 981. The van der Waals surface area contributed by atoms with E-state index in [1.54, 1.807) is 6.92 Å². The molecular weight excluding hydrogens is 400 g/mol. The average Bonchev–Trinajstić information content (AvgIpc) is 3.33. The third-order valence-electron chi connectivity index (χ3n) is 6.72. The maximum atomic E-state index is 13.5. The molecule has 1 aliphatic heterocycles. The van der Waals surface area contributed by atoms with Crippen molar-refractivity contribution in [1.29, 1.82) is 0 Å². The first-order valence-corrected chi connectivity index (χ1v) is 11.9. The van der Waals surface area contributed by atoms with E-state index in [4.69, 9.17) is 4.74 Å². The summed E-state index contributed by atoms with van der Waals surface area (Å²) in [6, 6.07) is 14.4. The Hall–Kier alpha value is -2.82. The first-order chi connectivity index (χ1) is 15.5. The zero-order valence-corrected chi connectivity index (χ0v) is 19.4. The van der Waals surface area contributed by atoms with E-state index < -0.39 is 6.10 Å². The summed E-state index contributed by atoms with van der Waals surface area (Å²) in [6.45, 7) is 7.05. The van der Waals surface area contributed by atoms with Gasteiger partial charge in [-0.05, 0) is 68.9 Å². The van der Waals surface area contributed by atoms with E-state index >= 15 is 0 Å². The minimum Gasteiger partial charge on any atom is -0.481 e. The highest BCUT2D eigenvalue weighted by Gasteiger charge is 2.36. The van der Waals surface area contributed by atoms with Crippen molar-refractivity contribution in [2.45, 2.75) is 65.0 Å². The lowest BCUT2D eigenvalue weighted by Crippen LogP contribution is -2.43. The number of fused-ring (bicyclic) bond motifs is 1. The van der Waals surface area contributed by atoms with Crippen molar-refractivity contribution < 1.29 is 14.3 Å². The lowest BCUT2D eigenvalue weighted by molar-refractivity contribution is -0.137. The standard InChI is InChI=1S/C27H34N2O3/c1-4-28-26(30)19(3)32-23-13-12-20-14-15-29(27(31)21-9-5-6-10-21)25(24(20)17-23)22-11-7-8-18(2)16-22/h7-8,11-13,16-17,19,21,25H,4-6,9-10,14-15H2,1-3H3,(H,28,30). The molecule has 32 heavy (non-hydrogen) atoms. The van der Waals surface area contributed by atoms with Crippen LogP contribution in [0.4, 0.5) is 0 Å². The fourth-order valence-electron chi connectivity index (χ4n) is 5.09. The van der Waals surface area contributed by atoms with Crippen LogP contribution in [0.5, 0.6) is 5.75 Å². The van der Waals surface area contributed by atoms with Gasteiger partial charge in [-0.2, -0.15) is 0 Å². The number of nitrogens with zero attached hydrogens (tertiary/aromatic N) is 1. The van der Waals surface area contributed by atoms with Gasteiger partial charge in [-0.1, -0.05) is 48.7 Å². The molecule has 0 radical (unpaired) electrons. The summed E-state index contributed by atoms with van der Waals surface area (Å²) >= 11 is 0. The zero-order chi connectivity index (χ0) is 22.7. The molecule has 0 aromatic heterocycles. The quantitative estimate of drug-likeness (QED) is 0.725. The van der Waals surface area contributed by atoms with Gasteiger partial charge in [0.1, 0.15) is 5.75 Å². The van der Waals surface area contributed by atoms with Crippen molar-refractivity contribution in [3.05, 3.63) is 64.7 Å². The van der Waals surface area contributed by atoms with Crippen molar-refractivity contribution in [1.82, 2.24) is 10.2 Å². The van der Waals surface area contributed by atoms with Crippen molar-refractivity contribution in [3.63, 3.8) is 0 Å². The van der Waals surface area contributed by atoms with Gasteiger partial charge in [0.05, 0.1) is 6.04 Å². The minimum atomic E-state index is -0.578. The topological polar surface area (TPSA) is 58.6 Å². The lowest BCUT2D eigenvalue weighted by atomic mass is 9.86. The maximum absolute atomic E-state index is 13.5. The minimum absolute atomic E-state index is 0.126. The van der Waals surface area contributed by atoms with Crippen molar-refractivity contribution in [2.24, 2.45) is 5.92 Å². The molecule has 1 fully saturated rings. The van der Waals surface area contributed by atoms with Gasteiger partial charge in [0, 0.05) is 19.0 Å². The number of benzene rings is 2. The molecule has 2 aromatic carbocycles. The number of hydrogen-bond donors (Lipinski definition) is 1. The van der Waals surface area contributed by atoms with Crippen molar-refractivity contribution in [3.8, 4) is 5.75 Å². The first kappa shape index (κ1) is 22.4. The molecule has 5 heteroatoms. The number of ether oxygens (including phenoxy) is 1. The second-order valence-electron chi connectivity index (χ2n) is 9.09. The summed E-state index contributed by atoms with van der Waals surface area (Å²) < 4.78 is 5.98. The van der Waals surface area contributed by atoms with Crippen molar-refractivity contribution >= 4 is 11.8 Å². The monoisotopic (exact) mass is 434 g/mol. The van der Waals surface area contributed by atoms with Gasteiger partial charge in [0.2, 0.25) is 5.91 Å². The van der Waals surface area contributed by atoms with Crippen LogP contribution < -0.4 is 10.1 Å². The summed E-state index contributed by atoms with van der Waals surface area (Å²) in [4.78, 5) is 27.8. The summed E-state index contributed by atoms with van der Waals surface area (Å²) in [5.41, 5.74) is 4.66. The molecular formula is C27H34N2O3. The van der Waals surface area contributed by atoms with Gasteiger partial charge in [-0.25, -0.2) is 0 Å². The molecule has 4 rings (SSSR count). The van der Waals surface area contributed by atoms with E-state index in [1.807, 2.05) is 19.1 Å². The van der Waals surface area contributed by atoms with E-state index in [9.17, 15) is 9.59 Å². The Morgan fingerprint density at radius 3 is 2.66 bits per heavy atom. The van der Waals surface area contributed by atoms with Crippen LogP contribution in [-0.4, -0.2) is 35.9 Å². The highest BCUT2D eigenvalue weighted by molar-refractivity contribution is 5.81. The second-order valence-corrected chi connectivity index (χ2v) is 9.09. The molecule has 2 aromatic rings. The molecule has 2 unspecified atom stereocenters. The molecule has 5 nitrogen and oxygen atoms in total. The molecule has 1 saturated carbocycles. The summed E-state index contributed by atoms with van der Waals surface area (Å²) in [5.74, 6) is 0.955. The summed E-state index contributed by atoms with van der Waals surface area (Å²) in [5, 5.41) is 2.81. The van der Waals surface area contributed by atoms with E-state index in [1.165, 1.54) is 11.1 Å². The molecule has 1 heterocycles. The van der Waals surface area contributed by atoms with E-state index in [0.717, 1.165) is 49.8 Å². The number of carbonyl (C=O) groups excluding carboxylic acids is 2. The normalized spacial score (nSPS) is 19.3. The Morgan fingerprint density at radius 1 is 1.16 bits per heavy atom. The van der Waals surface area contributed by atoms with E-state index in [0.29, 0.717) is 12.3 Å². The van der Waals surface area contributed by atoms with Gasteiger partial charge in [-0.15, -0.1) is 0 Å². The highest BCUT2D eigenvalue weighted by Crippen LogP contribution is 2.40. The molecule has 0 spiro atoms. The Balaban J connectivity index is 1.70. The van der Waals surface area contributed by atoms with Gasteiger partial charge >= 0.3 is 0 Å². The smallest absolute Gasteiger partial charge is 0.260 e. The number of nitrogens with one attached hydrogen (secondary N) is 1. The first-order valence-electron chi connectivity index (χ1n) is 11.9. The number of likely N-dealkylation sites (N-methyl/N-ethyl adjacent to an activating group) is 1. The molecule has 2 amide bonds. The largest absolute Gasteiger partial charge is 0.481 e. The van der Waals surface area contributed by atoms with Gasteiger partial charge in [0.15, 0.2) is 6.10 Å². The predicted octanol–water partition coefficient (Wildman–Crippen LogP) is 4.56. The van der Waals surface area contributed by atoms with Crippen LogP contribution in [-0.2, 0) is 16.0 Å². The van der Waals surface area contributed by atoms with Crippen LogP contribution in [0.25, 0.3) is 0 Å². The van der Waals surface area contributed by atoms with E-state index in [2.05, 4.69) is 47.5 Å². The lowest BCUT2D eigenvalue weighted by Gasteiger charge is -2.39. The number of rotatable bonds is 6. The molecule has 1 N–H and O–H groups in total. The van der Waals surface area contributed by atoms with Crippen LogP contribution in [0.15, 0.2) is 42.5 Å². The number of hydrogen-bond acceptors (Lipinski definition) is 3. The van der Waals surface area contributed by atoms with Crippen LogP contribution in [0.2, 0.25) is 0 Å². The van der Waals surface area contributed by atoms with E-state index in [-0.39, 0.29) is 23.8 Å². The summed E-state index contributed by atoms with van der Waals surface area (Å²) in [6.07, 6.45) is 4.54. The zero-order valence-electron chi connectivity index (χ0n) is 19.4. The SMILES string of the molecule is CCNC(=O)C(C)Oc1ccc2c(c1)C(c1cccc(C)c1)N(C(=O)C1CCCC1)CC2. The number of aryl methyl sites for hydroxylation is 1. The maximum Gasteiger partial charge on any atom is 0.260 e. The predicted molar refractivity (Wildman–Crippen MR) is 126 cm³/mol. The Kier molecular flexibility index (Phi) is 6.83. The number of carbonyl (C=O) groups is 2. The second kappa shape index (κ2) is 9.76. The molecule has 170 valence electrons. The molecule has 0 saturated heterocycles. The average molecular weight is 435 g/mol. The van der Waals surface area contributed by atoms with Crippen LogP contribution in [0.3, 0.4) is 0 Å². The van der Waals surface area contributed by atoms with Gasteiger partial charge < -0.3 is 15.0 Å². The Morgan fingerprint density at radius 2 is 1.94 bits per heavy atom.